The predicted molar refractivity (Wildman–Crippen MR) is 112 cm³/mol. The normalized spacial score (nSPS) is 10.6. The van der Waals surface area contributed by atoms with Crippen molar-refractivity contribution in [2.75, 3.05) is 17.2 Å². The van der Waals surface area contributed by atoms with Gasteiger partial charge in [-0.1, -0.05) is 60.7 Å². The summed E-state index contributed by atoms with van der Waals surface area (Å²) >= 11 is 0. The van der Waals surface area contributed by atoms with Crippen molar-refractivity contribution in [1.29, 1.82) is 0 Å². The predicted octanol–water partition coefficient (Wildman–Crippen LogP) is 4.06. The maximum Gasteiger partial charge on any atom is 0.137 e. The molecule has 4 rings (SSSR count). The van der Waals surface area contributed by atoms with Gasteiger partial charge in [-0.3, -0.25) is 4.68 Å². The average Bonchev–Trinajstić information content (AvgIpc) is 3.28. The van der Waals surface area contributed by atoms with Gasteiger partial charge in [0.05, 0.1) is 18.4 Å². The van der Waals surface area contributed by atoms with Crippen LogP contribution in [0.5, 0.6) is 0 Å². The highest BCUT2D eigenvalue weighted by Gasteiger charge is 2.08. The van der Waals surface area contributed by atoms with E-state index in [1.807, 2.05) is 42.6 Å². The van der Waals surface area contributed by atoms with Crippen LogP contribution in [0, 0.1) is 0 Å². The van der Waals surface area contributed by atoms with Gasteiger partial charge < -0.3 is 10.6 Å². The second kappa shape index (κ2) is 8.81. The number of hydrogen-bond acceptors (Lipinski definition) is 5. The average molecular weight is 370 g/mol. The molecule has 6 heteroatoms. The molecule has 0 atom stereocenters. The van der Waals surface area contributed by atoms with Crippen LogP contribution >= 0.6 is 0 Å². The van der Waals surface area contributed by atoms with Crippen LogP contribution in [0.3, 0.4) is 0 Å². The molecule has 0 fully saturated rings. The molecule has 140 valence electrons. The third-order valence-corrected chi connectivity index (χ3v) is 4.41. The molecule has 2 aromatic carbocycles. The largest absolute Gasteiger partial charge is 0.380 e. The van der Waals surface area contributed by atoms with Crippen molar-refractivity contribution in [1.82, 2.24) is 19.7 Å². The Labute approximate surface area is 164 Å². The first-order chi connectivity index (χ1) is 13.9. The Balaban J connectivity index is 1.51. The maximum atomic E-state index is 4.67. The lowest BCUT2D eigenvalue weighted by Gasteiger charge is -2.14. The van der Waals surface area contributed by atoms with Crippen molar-refractivity contribution in [2.24, 2.45) is 0 Å². The van der Waals surface area contributed by atoms with Gasteiger partial charge in [-0.15, -0.1) is 0 Å². The lowest BCUT2D eigenvalue weighted by atomic mass is 10.1. The van der Waals surface area contributed by atoms with Crippen molar-refractivity contribution < 1.29 is 0 Å². The van der Waals surface area contributed by atoms with Crippen LogP contribution in [0.25, 0.3) is 11.1 Å². The van der Waals surface area contributed by atoms with Crippen LogP contribution in [0.4, 0.5) is 11.5 Å². The van der Waals surface area contributed by atoms with Gasteiger partial charge in [0.25, 0.3) is 0 Å². The van der Waals surface area contributed by atoms with E-state index in [2.05, 4.69) is 56.0 Å². The molecule has 6 nitrogen and oxygen atoms in total. The van der Waals surface area contributed by atoms with Crippen LogP contribution < -0.4 is 10.6 Å². The summed E-state index contributed by atoms with van der Waals surface area (Å²) in [7, 11) is 0. The molecule has 0 saturated heterocycles. The number of benzene rings is 2. The SMILES string of the molecule is c1ccc(CNc2cnc(NCCn3cncn3)c(-c3ccccc3)c2)cc1. The van der Waals surface area contributed by atoms with E-state index in [0.29, 0.717) is 6.54 Å². The Kier molecular flexibility index (Phi) is 5.58. The topological polar surface area (TPSA) is 67.7 Å². The van der Waals surface area contributed by atoms with E-state index in [9.17, 15) is 0 Å². The molecule has 0 unspecified atom stereocenters. The summed E-state index contributed by atoms with van der Waals surface area (Å²) in [5, 5.41) is 11.0. The molecule has 0 bridgehead atoms. The summed E-state index contributed by atoms with van der Waals surface area (Å²) in [4.78, 5) is 8.64. The van der Waals surface area contributed by atoms with E-state index in [1.165, 1.54) is 5.56 Å². The van der Waals surface area contributed by atoms with E-state index in [-0.39, 0.29) is 0 Å². The second-order valence-electron chi connectivity index (χ2n) is 6.41. The Hall–Kier alpha value is -3.67. The van der Waals surface area contributed by atoms with Gasteiger partial charge in [-0.05, 0) is 17.2 Å². The molecule has 0 aliphatic carbocycles. The molecule has 2 aromatic heterocycles. The first kappa shape index (κ1) is 17.7. The Morgan fingerprint density at radius 3 is 2.43 bits per heavy atom. The summed E-state index contributed by atoms with van der Waals surface area (Å²) in [5.41, 5.74) is 4.42. The van der Waals surface area contributed by atoms with Gasteiger partial charge in [0.15, 0.2) is 0 Å². The minimum absolute atomic E-state index is 0.715. The van der Waals surface area contributed by atoms with Crippen LogP contribution in [-0.2, 0) is 13.1 Å². The van der Waals surface area contributed by atoms with Crippen molar-refractivity contribution in [3.63, 3.8) is 0 Å². The molecule has 0 amide bonds. The quantitative estimate of drug-likeness (QED) is 0.489. The van der Waals surface area contributed by atoms with Crippen molar-refractivity contribution >= 4 is 11.5 Å². The number of anilines is 2. The van der Waals surface area contributed by atoms with Crippen LogP contribution in [0.2, 0.25) is 0 Å². The van der Waals surface area contributed by atoms with Gasteiger partial charge in [0.1, 0.15) is 18.5 Å². The highest BCUT2D eigenvalue weighted by molar-refractivity contribution is 5.78. The first-order valence-corrected chi connectivity index (χ1v) is 9.28. The molecule has 2 heterocycles. The fourth-order valence-corrected chi connectivity index (χ4v) is 2.98. The molecule has 0 spiro atoms. The van der Waals surface area contributed by atoms with Crippen molar-refractivity contribution in [3.8, 4) is 11.1 Å². The summed E-state index contributed by atoms with van der Waals surface area (Å²) in [5.74, 6) is 0.858. The number of rotatable bonds is 8. The van der Waals surface area contributed by atoms with E-state index >= 15 is 0 Å². The first-order valence-electron chi connectivity index (χ1n) is 9.28. The lowest BCUT2D eigenvalue weighted by molar-refractivity contribution is 0.635. The minimum Gasteiger partial charge on any atom is -0.380 e. The van der Waals surface area contributed by atoms with Gasteiger partial charge in [-0.2, -0.15) is 5.10 Å². The van der Waals surface area contributed by atoms with Crippen LogP contribution in [0.15, 0.2) is 85.6 Å². The third-order valence-electron chi connectivity index (χ3n) is 4.41. The fraction of sp³-hybridized carbons (Fsp3) is 0.136. The highest BCUT2D eigenvalue weighted by Crippen LogP contribution is 2.29. The number of hydrogen-bond donors (Lipinski definition) is 2. The van der Waals surface area contributed by atoms with Gasteiger partial charge in [-0.25, -0.2) is 9.97 Å². The highest BCUT2D eigenvalue weighted by atomic mass is 15.3. The molecular weight excluding hydrogens is 348 g/mol. The molecule has 28 heavy (non-hydrogen) atoms. The second-order valence-corrected chi connectivity index (χ2v) is 6.41. The Bertz CT molecular complexity index is 984. The van der Waals surface area contributed by atoms with Crippen LogP contribution in [0.1, 0.15) is 5.56 Å². The van der Waals surface area contributed by atoms with E-state index in [4.69, 9.17) is 0 Å². The van der Waals surface area contributed by atoms with Gasteiger partial charge >= 0.3 is 0 Å². The molecule has 2 N–H and O–H groups in total. The lowest BCUT2D eigenvalue weighted by Crippen LogP contribution is -2.12. The zero-order valence-electron chi connectivity index (χ0n) is 15.5. The zero-order valence-corrected chi connectivity index (χ0v) is 15.5. The number of nitrogens with zero attached hydrogens (tertiary/aromatic N) is 4. The molecule has 0 aliphatic rings. The maximum absolute atomic E-state index is 4.67. The number of pyridine rings is 1. The van der Waals surface area contributed by atoms with E-state index < -0.39 is 0 Å². The fourth-order valence-electron chi connectivity index (χ4n) is 2.98. The standard InChI is InChI=1S/C22H22N6/c1-3-7-18(8-4-1)14-25-20-13-21(19-9-5-2-6-10-19)22(26-15-20)24-11-12-28-17-23-16-27-28/h1-10,13,15-17,25H,11-12,14H2,(H,24,26). The van der Waals surface area contributed by atoms with Gasteiger partial charge in [0.2, 0.25) is 0 Å². The summed E-state index contributed by atoms with van der Waals surface area (Å²) in [6.45, 7) is 2.20. The summed E-state index contributed by atoms with van der Waals surface area (Å²) in [6.07, 6.45) is 5.12. The summed E-state index contributed by atoms with van der Waals surface area (Å²) < 4.78 is 1.80. The van der Waals surface area contributed by atoms with Gasteiger partial charge in [0, 0.05) is 18.7 Å². The van der Waals surface area contributed by atoms with Crippen molar-refractivity contribution in [2.45, 2.75) is 13.1 Å². The molecular formula is C22H22N6. The smallest absolute Gasteiger partial charge is 0.137 e. The Morgan fingerprint density at radius 2 is 1.68 bits per heavy atom. The summed E-state index contributed by atoms with van der Waals surface area (Å²) in [6, 6.07) is 22.8. The number of aromatic nitrogens is 4. The van der Waals surface area contributed by atoms with Crippen molar-refractivity contribution in [3.05, 3.63) is 91.1 Å². The Morgan fingerprint density at radius 1 is 0.893 bits per heavy atom. The molecule has 0 radical (unpaired) electrons. The molecule has 4 aromatic rings. The molecule has 0 saturated carbocycles. The van der Waals surface area contributed by atoms with E-state index in [1.54, 1.807) is 17.3 Å². The molecule has 0 aliphatic heterocycles. The zero-order chi connectivity index (χ0) is 19.0. The number of nitrogens with one attached hydrogen (secondary N) is 2. The van der Waals surface area contributed by atoms with Crippen LogP contribution in [-0.4, -0.2) is 26.3 Å². The minimum atomic E-state index is 0.715. The van der Waals surface area contributed by atoms with E-state index in [0.717, 1.165) is 35.7 Å². The monoisotopic (exact) mass is 370 g/mol. The third kappa shape index (κ3) is 4.54.